The summed E-state index contributed by atoms with van der Waals surface area (Å²) >= 11 is 1.63. The summed E-state index contributed by atoms with van der Waals surface area (Å²) in [4.78, 5) is 19.4. The number of amides is 1. The summed E-state index contributed by atoms with van der Waals surface area (Å²) in [6, 6.07) is 9.38. The number of nitrogens with zero attached hydrogens (tertiary/aromatic N) is 2. The number of rotatable bonds is 6. The Labute approximate surface area is 141 Å². The molecule has 0 saturated heterocycles. The van der Waals surface area contributed by atoms with E-state index in [9.17, 15) is 4.79 Å². The van der Waals surface area contributed by atoms with Crippen molar-refractivity contribution >= 4 is 29.7 Å². The molecule has 0 radical (unpaired) electrons. The maximum atomic E-state index is 12.3. The number of carbonyl (C=O) groups is 1. The van der Waals surface area contributed by atoms with Gasteiger partial charge in [0, 0.05) is 24.9 Å². The SMILES string of the molecule is Cc1ncsc1CCN(C)C(=O)[C@@H](N)Cc1ccccc1.Cl. The number of hydrogen-bond donors (Lipinski definition) is 1. The fourth-order valence-corrected chi connectivity index (χ4v) is 2.95. The van der Waals surface area contributed by atoms with Gasteiger partial charge in [0.05, 0.1) is 17.2 Å². The molecule has 2 rings (SSSR count). The lowest BCUT2D eigenvalue weighted by Gasteiger charge is -2.21. The summed E-state index contributed by atoms with van der Waals surface area (Å²) < 4.78 is 0. The molecule has 1 aromatic heterocycles. The van der Waals surface area contributed by atoms with Gasteiger partial charge in [0.1, 0.15) is 0 Å². The molecule has 120 valence electrons. The van der Waals surface area contributed by atoms with Crippen LogP contribution in [-0.2, 0) is 17.6 Å². The molecule has 0 spiro atoms. The standard InChI is InChI=1S/C16H21N3OS.ClH/c1-12-15(21-11-18-12)8-9-19(2)16(20)14(17)10-13-6-4-3-5-7-13;/h3-7,11,14H,8-10,17H2,1-2H3;1H/t14-;/m0./s1. The van der Waals surface area contributed by atoms with Crippen LogP contribution in [0, 0.1) is 6.92 Å². The van der Waals surface area contributed by atoms with Crippen LogP contribution in [0.25, 0.3) is 0 Å². The Hall–Kier alpha value is -1.43. The Bertz CT molecular complexity index is 588. The third-order valence-corrected chi connectivity index (χ3v) is 4.51. The van der Waals surface area contributed by atoms with Crippen molar-refractivity contribution in [3.63, 3.8) is 0 Å². The smallest absolute Gasteiger partial charge is 0.239 e. The van der Waals surface area contributed by atoms with E-state index in [4.69, 9.17) is 5.73 Å². The summed E-state index contributed by atoms with van der Waals surface area (Å²) in [5.74, 6) is -0.0129. The Morgan fingerprint density at radius 3 is 2.64 bits per heavy atom. The van der Waals surface area contributed by atoms with Crippen LogP contribution in [0.15, 0.2) is 35.8 Å². The number of likely N-dealkylation sites (N-methyl/N-ethyl adjacent to an activating group) is 1. The highest BCUT2D eigenvalue weighted by Gasteiger charge is 2.18. The van der Waals surface area contributed by atoms with Crippen molar-refractivity contribution in [3.05, 3.63) is 52.0 Å². The first-order chi connectivity index (χ1) is 10.1. The Morgan fingerprint density at radius 1 is 1.36 bits per heavy atom. The van der Waals surface area contributed by atoms with Crippen LogP contribution >= 0.6 is 23.7 Å². The first-order valence-electron chi connectivity index (χ1n) is 7.01. The average Bonchev–Trinajstić information content (AvgIpc) is 2.90. The highest BCUT2D eigenvalue weighted by atomic mass is 35.5. The van der Waals surface area contributed by atoms with E-state index >= 15 is 0 Å². The molecule has 0 bridgehead atoms. The molecular weight excluding hydrogens is 318 g/mol. The molecule has 1 atom stereocenters. The van der Waals surface area contributed by atoms with Gasteiger partial charge in [-0.15, -0.1) is 23.7 Å². The van der Waals surface area contributed by atoms with Crippen molar-refractivity contribution in [2.75, 3.05) is 13.6 Å². The number of halogens is 1. The molecule has 1 aromatic carbocycles. The van der Waals surface area contributed by atoms with Crippen molar-refractivity contribution < 1.29 is 4.79 Å². The number of hydrogen-bond acceptors (Lipinski definition) is 4. The van der Waals surface area contributed by atoms with Gasteiger partial charge in [-0.3, -0.25) is 4.79 Å². The topological polar surface area (TPSA) is 59.2 Å². The van der Waals surface area contributed by atoms with Gasteiger partial charge < -0.3 is 10.6 Å². The highest BCUT2D eigenvalue weighted by molar-refractivity contribution is 7.09. The van der Waals surface area contributed by atoms with E-state index in [-0.39, 0.29) is 18.3 Å². The van der Waals surface area contributed by atoms with E-state index < -0.39 is 6.04 Å². The van der Waals surface area contributed by atoms with Gasteiger partial charge in [0.2, 0.25) is 5.91 Å². The van der Waals surface area contributed by atoms with Gasteiger partial charge in [-0.2, -0.15) is 0 Å². The van der Waals surface area contributed by atoms with E-state index in [1.54, 1.807) is 16.2 Å². The lowest BCUT2D eigenvalue weighted by atomic mass is 10.1. The predicted molar refractivity (Wildman–Crippen MR) is 93.6 cm³/mol. The van der Waals surface area contributed by atoms with Crippen LogP contribution in [0.2, 0.25) is 0 Å². The summed E-state index contributed by atoms with van der Waals surface area (Å²) in [7, 11) is 1.81. The number of nitrogens with two attached hydrogens (primary N) is 1. The second kappa shape index (κ2) is 8.88. The van der Waals surface area contributed by atoms with Gasteiger partial charge in [-0.05, 0) is 18.9 Å². The number of thiazole rings is 1. The van der Waals surface area contributed by atoms with E-state index in [0.29, 0.717) is 13.0 Å². The van der Waals surface area contributed by atoms with Gasteiger partial charge in [0.25, 0.3) is 0 Å². The van der Waals surface area contributed by atoms with Crippen LogP contribution in [0.5, 0.6) is 0 Å². The van der Waals surface area contributed by atoms with Crippen LogP contribution in [-0.4, -0.2) is 35.4 Å². The monoisotopic (exact) mass is 339 g/mol. The van der Waals surface area contributed by atoms with Crippen LogP contribution < -0.4 is 5.73 Å². The van der Waals surface area contributed by atoms with E-state index in [1.165, 1.54) is 4.88 Å². The minimum Gasteiger partial charge on any atom is -0.344 e. The minimum atomic E-state index is -0.486. The fourth-order valence-electron chi connectivity index (χ4n) is 2.18. The zero-order chi connectivity index (χ0) is 15.2. The lowest BCUT2D eigenvalue weighted by Crippen LogP contribution is -2.43. The highest BCUT2D eigenvalue weighted by Crippen LogP contribution is 2.13. The first kappa shape index (κ1) is 18.6. The first-order valence-corrected chi connectivity index (χ1v) is 7.89. The summed E-state index contributed by atoms with van der Waals surface area (Å²) in [5, 5.41) is 0. The molecule has 2 aromatic rings. The maximum Gasteiger partial charge on any atom is 0.239 e. The Kier molecular flexibility index (Phi) is 7.51. The molecular formula is C16H22ClN3OS. The van der Waals surface area contributed by atoms with Crippen LogP contribution in [0.1, 0.15) is 16.1 Å². The van der Waals surface area contributed by atoms with E-state index in [0.717, 1.165) is 17.7 Å². The van der Waals surface area contributed by atoms with E-state index in [1.807, 2.05) is 49.8 Å². The molecule has 0 unspecified atom stereocenters. The molecule has 1 amide bonds. The second-order valence-corrected chi connectivity index (χ2v) is 6.11. The van der Waals surface area contributed by atoms with Crippen LogP contribution in [0.3, 0.4) is 0 Å². The number of aryl methyl sites for hydroxylation is 1. The predicted octanol–water partition coefficient (Wildman–Crippen LogP) is 2.44. The van der Waals surface area contributed by atoms with E-state index in [2.05, 4.69) is 4.98 Å². The minimum absolute atomic E-state index is 0. The second-order valence-electron chi connectivity index (χ2n) is 5.17. The third-order valence-electron chi connectivity index (χ3n) is 3.51. The van der Waals surface area contributed by atoms with Crippen molar-refractivity contribution in [1.82, 2.24) is 9.88 Å². The number of benzene rings is 1. The molecule has 1 heterocycles. The van der Waals surface area contributed by atoms with Crippen molar-refractivity contribution in [2.24, 2.45) is 5.73 Å². The summed E-state index contributed by atoms with van der Waals surface area (Å²) in [5.41, 5.74) is 10.0. The van der Waals surface area contributed by atoms with Gasteiger partial charge >= 0.3 is 0 Å². The molecule has 0 fully saturated rings. The molecule has 4 nitrogen and oxygen atoms in total. The zero-order valence-corrected chi connectivity index (χ0v) is 14.5. The quantitative estimate of drug-likeness (QED) is 0.879. The average molecular weight is 340 g/mol. The fraction of sp³-hybridized carbons (Fsp3) is 0.375. The molecule has 6 heteroatoms. The Balaban J connectivity index is 0.00000242. The Morgan fingerprint density at radius 2 is 2.05 bits per heavy atom. The number of aromatic nitrogens is 1. The van der Waals surface area contributed by atoms with Crippen molar-refractivity contribution in [1.29, 1.82) is 0 Å². The maximum absolute atomic E-state index is 12.3. The normalized spacial score (nSPS) is 11.6. The lowest BCUT2D eigenvalue weighted by molar-refractivity contribution is -0.131. The molecule has 0 saturated carbocycles. The zero-order valence-electron chi connectivity index (χ0n) is 12.9. The largest absolute Gasteiger partial charge is 0.344 e. The van der Waals surface area contributed by atoms with Crippen molar-refractivity contribution in [2.45, 2.75) is 25.8 Å². The van der Waals surface area contributed by atoms with Gasteiger partial charge in [0.15, 0.2) is 0 Å². The molecule has 2 N–H and O–H groups in total. The van der Waals surface area contributed by atoms with Crippen molar-refractivity contribution in [3.8, 4) is 0 Å². The molecule has 0 aliphatic rings. The summed E-state index contributed by atoms with van der Waals surface area (Å²) in [6.45, 7) is 2.67. The number of carbonyl (C=O) groups excluding carboxylic acids is 1. The third kappa shape index (κ3) is 5.09. The van der Waals surface area contributed by atoms with Gasteiger partial charge in [-0.25, -0.2) is 4.98 Å². The van der Waals surface area contributed by atoms with Crippen LogP contribution in [0.4, 0.5) is 0 Å². The van der Waals surface area contributed by atoms with Gasteiger partial charge in [-0.1, -0.05) is 30.3 Å². The molecule has 0 aliphatic carbocycles. The molecule has 22 heavy (non-hydrogen) atoms. The molecule has 0 aliphatic heterocycles. The summed E-state index contributed by atoms with van der Waals surface area (Å²) in [6.07, 6.45) is 1.40.